The SMILES string of the molecule is CC[C@H]1CN2C=NC(N3CCN(C(=O)Cc4c(C)noc4C)CC3)=CC2=N1. The van der Waals surface area contributed by atoms with E-state index in [2.05, 4.69) is 32.9 Å². The molecule has 144 valence electrons. The lowest BCUT2D eigenvalue weighted by Crippen LogP contribution is -2.49. The summed E-state index contributed by atoms with van der Waals surface area (Å²) in [4.78, 5) is 28.2. The highest BCUT2D eigenvalue weighted by atomic mass is 16.5. The van der Waals surface area contributed by atoms with E-state index in [1.54, 1.807) is 0 Å². The molecule has 0 unspecified atom stereocenters. The number of nitrogens with zero attached hydrogens (tertiary/aromatic N) is 6. The van der Waals surface area contributed by atoms with E-state index in [0.717, 1.165) is 54.7 Å². The molecule has 4 rings (SSSR count). The Morgan fingerprint density at radius 2 is 2.04 bits per heavy atom. The van der Waals surface area contributed by atoms with Gasteiger partial charge < -0.3 is 19.2 Å². The van der Waals surface area contributed by atoms with E-state index in [1.165, 1.54) is 0 Å². The summed E-state index contributed by atoms with van der Waals surface area (Å²) < 4.78 is 5.16. The Kier molecular flexibility index (Phi) is 4.72. The van der Waals surface area contributed by atoms with Gasteiger partial charge in [-0.2, -0.15) is 0 Å². The first-order chi connectivity index (χ1) is 13.0. The van der Waals surface area contributed by atoms with E-state index in [-0.39, 0.29) is 5.91 Å². The Morgan fingerprint density at radius 3 is 2.70 bits per heavy atom. The molecule has 0 N–H and O–H groups in total. The zero-order valence-electron chi connectivity index (χ0n) is 16.2. The Balaban J connectivity index is 1.35. The van der Waals surface area contributed by atoms with Crippen molar-refractivity contribution in [2.75, 3.05) is 32.7 Å². The Bertz CT molecular complexity index is 797. The number of piperazine rings is 1. The van der Waals surface area contributed by atoms with Crippen molar-refractivity contribution in [2.45, 2.75) is 39.7 Å². The van der Waals surface area contributed by atoms with E-state index >= 15 is 0 Å². The zero-order chi connectivity index (χ0) is 19.0. The lowest BCUT2D eigenvalue weighted by atomic mass is 10.1. The van der Waals surface area contributed by atoms with E-state index in [0.29, 0.717) is 25.6 Å². The number of hydrogen-bond acceptors (Lipinski definition) is 7. The lowest BCUT2D eigenvalue weighted by Gasteiger charge is -2.37. The molecule has 0 aliphatic carbocycles. The van der Waals surface area contributed by atoms with Gasteiger partial charge in [0.05, 0.1) is 24.5 Å². The largest absolute Gasteiger partial charge is 0.361 e. The summed E-state index contributed by atoms with van der Waals surface area (Å²) in [6, 6.07) is 0.362. The summed E-state index contributed by atoms with van der Waals surface area (Å²) in [6.07, 6.45) is 5.35. The summed E-state index contributed by atoms with van der Waals surface area (Å²) in [6.45, 7) is 9.76. The number of aliphatic imine (C=N–C) groups is 2. The number of aromatic nitrogens is 1. The van der Waals surface area contributed by atoms with Crippen LogP contribution < -0.4 is 0 Å². The Labute approximate surface area is 159 Å². The van der Waals surface area contributed by atoms with Crippen molar-refractivity contribution < 1.29 is 9.32 Å². The molecule has 27 heavy (non-hydrogen) atoms. The van der Waals surface area contributed by atoms with Crippen LogP contribution in [0.4, 0.5) is 0 Å². The fourth-order valence-corrected chi connectivity index (χ4v) is 3.73. The third-order valence-electron chi connectivity index (χ3n) is 5.54. The van der Waals surface area contributed by atoms with Gasteiger partial charge in [-0.05, 0) is 20.3 Å². The van der Waals surface area contributed by atoms with Crippen molar-refractivity contribution in [1.82, 2.24) is 19.9 Å². The molecule has 0 aromatic carbocycles. The molecule has 0 radical (unpaired) electrons. The number of carbonyl (C=O) groups is 1. The first-order valence-corrected chi connectivity index (χ1v) is 9.60. The monoisotopic (exact) mass is 370 g/mol. The van der Waals surface area contributed by atoms with Crippen LogP contribution in [0.1, 0.15) is 30.4 Å². The second kappa shape index (κ2) is 7.17. The fraction of sp³-hybridized carbons (Fsp3) is 0.579. The van der Waals surface area contributed by atoms with Gasteiger partial charge in [-0.3, -0.25) is 9.79 Å². The summed E-state index contributed by atoms with van der Waals surface area (Å²) in [7, 11) is 0. The highest BCUT2D eigenvalue weighted by Gasteiger charge is 2.28. The molecule has 1 aromatic heterocycles. The van der Waals surface area contributed by atoms with E-state index in [1.807, 2.05) is 25.1 Å². The molecular weight excluding hydrogens is 344 g/mol. The first-order valence-electron chi connectivity index (χ1n) is 9.60. The number of amidine groups is 1. The Hall–Kier alpha value is -2.64. The third-order valence-corrected chi connectivity index (χ3v) is 5.54. The van der Waals surface area contributed by atoms with Crippen LogP contribution in [-0.2, 0) is 11.2 Å². The average molecular weight is 370 g/mol. The minimum atomic E-state index is 0.127. The zero-order valence-corrected chi connectivity index (χ0v) is 16.2. The van der Waals surface area contributed by atoms with Gasteiger partial charge in [0.1, 0.15) is 17.4 Å². The first kappa shape index (κ1) is 17.8. The number of rotatable bonds is 4. The van der Waals surface area contributed by atoms with Crippen molar-refractivity contribution >= 4 is 18.1 Å². The topological polar surface area (TPSA) is 77.5 Å². The molecule has 0 saturated carbocycles. The number of hydrogen-bond donors (Lipinski definition) is 0. The number of amides is 1. The second-order valence-electron chi connectivity index (χ2n) is 7.30. The standard InChI is InChI=1S/C19H26N6O2/c1-4-15-11-25-12-20-17(10-18(25)21-15)23-5-7-24(8-6-23)19(26)9-16-13(2)22-27-14(16)3/h10,12,15H,4-9,11H2,1-3H3/t15-/m0/s1. The predicted octanol–water partition coefficient (Wildman–Crippen LogP) is 1.35. The van der Waals surface area contributed by atoms with Crippen LogP contribution in [-0.4, -0.2) is 76.7 Å². The van der Waals surface area contributed by atoms with E-state index in [9.17, 15) is 4.79 Å². The summed E-state index contributed by atoms with van der Waals surface area (Å²) in [5.74, 6) is 2.80. The van der Waals surface area contributed by atoms with Gasteiger partial charge in [0.25, 0.3) is 0 Å². The van der Waals surface area contributed by atoms with Crippen LogP contribution >= 0.6 is 0 Å². The van der Waals surface area contributed by atoms with E-state index in [4.69, 9.17) is 9.52 Å². The van der Waals surface area contributed by atoms with Crippen LogP contribution in [0.2, 0.25) is 0 Å². The Morgan fingerprint density at radius 1 is 1.26 bits per heavy atom. The molecule has 8 heteroatoms. The van der Waals surface area contributed by atoms with Crippen molar-refractivity contribution in [3.63, 3.8) is 0 Å². The molecule has 0 bridgehead atoms. The van der Waals surface area contributed by atoms with Gasteiger partial charge >= 0.3 is 0 Å². The van der Waals surface area contributed by atoms with Crippen LogP contribution in [0.5, 0.6) is 0 Å². The van der Waals surface area contributed by atoms with Crippen LogP contribution in [0.15, 0.2) is 26.4 Å². The molecule has 1 atom stereocenters. The van der Waals surface area contributed by atoms with Gasteiger partial charge in [-0.25, -0.2) is 4.99 Å². The van der Waals surface area contributed by atoms with Crippen molar-refractivity contribution in [2.24, 2.45) is 9.98 Å². The number of aryl methyl sites for hydroxylation is 2. The second-order valence-corrected chi connectivity index (χ2v) is 7.30. The van der Waals surface area contributed by atoms with Crippen LogP contribution in [0, 0.1) is 13.8 Å². The highest BCUT2D eigenvalue weighted by Crippen LogP contribution is 2.20. The van der Waals surface area contributed by atoms with Gasteiger partial charge in [-0.1, -0.05) is 12.1 Å². The molecule has 1 amide bonds. The average Bonchev–Trinajstić information content (AvgIpc) is 3.25. The molecule has 8 nitrogen and oxygen atoms in total. The molecule has 3 aliphatic rings. The summed E-state index contributed by atoms with van der Waals surface area (Å²) >= 11 is 0. The predicted molar refractivity (Wildman–Crippen MR) is 103 cm³/mol. The maximum atomic E-state index is 12.6. The van der Waals surface area contributed by atoms with Crippen molar-refractivity contribution in [3.05, 3.63) is 28.9 Å². The van der Waals surface area contributed by atoms with Gasteiger partial charge in [0, 0.05) is 44.4 Å². The smallest absolute Gasteiger partial charge is 0.227 e. The highest BCUT2D eigenvalue weighted by molar-refractivity contribution is 6.03. The van der Waals surface area contributed by atoms with Crippen LogP contribution in [0.3, 0.4) is 0 Å². The molecule has 3 aliphatic heterocycles. The molecule has 1 aromatic rings. The minimum absolute atomic E-state index is 0.127. The normalized spacial score (nSPS) is 22.0. The molecule has 4 heterocycles. The number of carbonyl (C=O) groups excluding carboxylic acids is 1. The summed E-state index contributed by atoms with van der Waals surface area (Å²) in [5, 5.41) is 3.93. The molecule has 1 saturated heterocycles. The quantitative estimate of drug-likeness (QED) is 0.800. The molecule has 1 fully saturated rings. The number of fused-ring (bicyclic) bond motifs is 1. The maximum Gasteiger partial charge on any atom is 0.227 e. The van der Waals surface area contributed by atoms with Gasteiger partial charge in [-0.15, -0.1) is 0 Å². The maximum absolute atomic E-state index is 12.6. The lowest BCUT2D eigenvalue weighted by molar-refractivity contribution is -0.132. The summed E-state index contributed by atoms with van der Waals surface area (Å²) in [5.41, 5.74) is 1.71. The van der Waals surface area contributed by atoms with Crippen LogP contribution in [0.25, 0.3) is 0 Å². The van der Waals surface area contributed by atoms with E-state index < -0.39 is 0 Å². The van der Waals surface area contributed by atoms with Gasteiger partial charge in [0.15, 0.2) is 0 Å². The van der Waals surface area contributed by atoms with Gasteiger partial charge in [0.2, 0.25) is 5.91 Å². The van der Waals surface area contributed by atoms with Crippen molar-refractivity contribution in [3.8, 4) is 0 Å². The minimum Gasteiger partial charge on any atom is -0.361 e. The molecule has 0 spiro atoms. The fourth-order valence-electron chi connectivity index (χ4n) is 3.73. The third kappa shape index (κ3) is 3.48. The molecular formula is C19H26N6O2. The van der Waals surface area contributed by atoms with Crippen molar-refractivity contribution in [1.29, 1.82) is 0 Å².